The molecule has 2 unspecified atom stereocenters. The number of fused-ring (bicyclic) bond motifs is 1. The fraction of sp³-hybridized carbons (Fsp3) is 0.333. The van der Waals surface area contributed by atoms with Crippen LogP contribution >= 0.6 is 0 Å². The summed E-state index contributed by atoms with van der Waals surface area (Å²) in [5, 5.41) is 9.50. The topological polar surface area (TPSA) is 20.2 Å². The Bertz CT molecular complexity index is 699. The number of rotatable bonds is 4. The number of aromatic hydroxyl groups is 1. The first-order valence-corrected chi connectivity index (χ1v) is 8.14. The van der Waals surface area contributed by atoms with E-state index in [2.05, 4.69) is 44.7 Å². The first kappa shape index (κ1) is 14.9. The van der Waals surface area contributed by atoms with Crippen LogP contribution in [0.4, 0.5) is 0 Å². The van der Waals surface area contributed by atoms with E-state index in [1.54, 1.807) is 6.07 Å². The van der Waals surface area contributed by atoms with E-state index >= 15 is 0 Å². The Morgan fingerprint density at radius 1 is 1.09 bits per heavy atom. The fourth-order valence-electron chi connectivity index (χ4n) is 3.72. The molecule has 1 heteroatoms. The van der Waals surface area contributed by atoms with Crippen molar-refractivity contribution in [3.8, 4) is 5.75 Å². The standard InChI is InChI=1S/C21H24O/c1-14-13-18(22)12-11-17(14)7-6-10-20-16(3)15(2)19-8-4-5-9-21(19)20/h4-5,8-9,11-13,15,20,22H,3,6-7,10H2,1-2H3. The van der Waals surface area contributed by atoms with Crippen molar-refractivity contribution in [2.75, 3.05) is 0 Å². The highest BCUT2D eigenvalue weighted by Crippen LogP contribution is 2.47. The largest absolute Gasteiger partial charge is 0.508 e. The van der Waals surface area contributed by atoms with E-state index in [4.69, 9.17) is 0 Å². The molecular weight excluding hydrogens is 268 g/mol. The lowest BCUT2D eigenvalue weighted by atomic mass is 9.90. The molecule has 3 rings (SSSR count). The maximum absolute atomic E-state index is 9.50. The molecule has 2 aromatic carbocycles. The number of phenols is 1. The molecular formula is C21H24O. The van der Waals surface area contributed by atoms with Crippen molar-refractivity contribution < 1.29 is 5.11 Å². The highest BCUT2D eigenvalue weighted by molar-refractivity contribution is 5.48. The smallest absolute Gasteiger partial charge is 0.115 e. The summed E-state index contributed by atoms with van der Waals surface area (Å²) >= 11 is 0. The van der Waals surface area contributed by atoms with Gasteiger partial charge in [0.1, 0.15) is 5.75 Å². The van der Waals surface area contributed by atoms with E-state index in [1.165, 1.54) is 27.8 Å². The van der Waals surface area contributed by atoms with Crippen molar-refractivity contribution in [3.63, 3.8) is 0 Å². The highest BCUT2D eigenvalue weighted by Gasteiger charge is 2.30. The Balaban J connectivity index is 1.68. The molecule has 0 aliphatic heterocycles. The van der Waals surface area contributed by atoms with Crippen LogP contribution in [0.15, 0.2) is 54.6 Å². The summed E-state index contributed by atoms with van der Waals surface area (Å²) in [6, 6.07) is 14.5. The SMILES string of the molecule is C=C1C(C)c2ccccc2C1CCCc1ccc(O)cc1C. The van der Waals surface area contributed by atoms with Gasteiger partial charge in [0.2, 0.25) is 0 Å². The van der Waals surface area contributed by atoms with Gasteiger partial charge in [0.15, 0.2) is 0 Å². The van der Waals surface area contributed by atoms with Crippen LogP contribution in [0.25, 0.3) is 0 Å². The molecule has 0 aromatic heterocycles. The van der Waals surface area contributed by atoms with Gasteiger partial charge in [-0.25, -0.2) is 0 Å². The van der Waals surface area contributed by atoms with Gasteiger partial charge >= 0.3 is 0 Å². The maximum Gasteiger partial charge on any atom is 0.115 e. The van der Waals surface area contributed by atoms with Crippen molar-refractivity contribution >= 4 is 0 Å². The van der Waals surface area contributed by atoms with Gasteiger partial charge in [0, 0.05) is 11.8 Å². The molecule has 0 heterocycles. The Morgan fingerprint density at radius 2 is 1.82 bits per heavy atom. The predicted molar refractivity (Wildman–Crippen MR) is 92.5 cm³/mol. The molecule has 0 amide bonds. The number of aryl methyl sites for hydroxylation is 2. The first-order valence-electron chi connectivity index (χ1n) is 8.14. The summed E-state index contributed by atoms with van der Waals surface area (Å²) in [6.07, 6.45) is 3.36. The van der Waals surface area contributed by atoms with Crippen LogP contribution in [0, 0.1) is 6.92 Å². The number of benzene rings is 2. The molecule has 1 aliphatic rings. The summed E-state index contributed by atoms with van der Waals surface area (Å²) in [7, 11) is 0. The average Bonchev–Trinajstić information content (AvgIpc) is 2.75. The first-order chi connectivity index (χ1) is 10.6. The molecule has 0 radical (unpaired) electrons. The van der Waals surface area contributed by atoms with Crippen molar-refractivity contribution in [1.29, 1.82) is 0 Å². The Labute approximate surface area is 133 Å². The van der Waals surface area contributed by atoms with Gasteiger partial charge in [-0.2, -0.15) is 0 Å². The Kier molecular flexibility index (Phi) is 4.06. The zero-order valence-electron chi connectivity index (χ0n) is 13.5. The van der Waals surface area contributed by atoms with E-state index in [0.717, 1.165) is 19.3 Å². The minimum absolute atomic E-state index is 0.355. The summed E-state index contributed by atoms with van der Waals surface area (Å²) in [5.74, 6) is 1.34. The third-order valence-electron chi connectivity index (χ3n) is 5.11. The third-order valence-corrected chi connectivity index (χ3v) is 5.11. The van der Waals surface area contributed by atoms with Crippen LogP contribution in [0.5, 0.6) is 5.75 Å². The van der Waals surface area contributed by atoms with Gasteiger partial charge < -0.3 is 5.11 Å². The second-order valence-electron chi connectivity index (χ2n) is 6.48. The van der Waals surface area contributed by atoms with Gasteiger partial charge in [0.05, 0.1) is 0 Å². The molecule has 1 N–H and O–H groups in total. The molecule has 2 aromatic rings. The predicted octanol–water partition coefficient (Wildman–Crippen LogP) is 5.48. The van der Waals surface area contributed by atoms with E-state index in [0.29, 0.717) is 17.6 Å². The fourth-order valence-corrected chi connectivity index (χ4v) is 3.72. The van der Waals surface area contributed by atoms with E-state index < -0.39 is 0 Å². The average molecular weight is 292 g/mol. The van der Waals surface area contributed by atoms with Crippen LogP contribution in [0.3, 0.4) is 0 Å². The molecule has 1 aliphatic carbocycles. The normalized spacial score (nSPS) is 20.2. The molecule has 114 valence electrons. The Morgan fingerprint density at radius 3 is 2.55 bits per heavy atom. The van der Waals surface area contributed by atoms with Crippen LogP contribution in [0.1, 0.15) is 53.9 Å². The number of hydrogen-bond donors (Lipinski definition) is 1. The molecule has 0 spiro atoms. The molecule has 0 bridgehead atoms. The lowest BCUT2D eigenvalue weighted by Gasteiger charge is -2.14. The lowest BCUT2D eigenvalue weighted by Crippen LogP contribution is -1.99. The molecule has 1 nitrogen and oxygen atoms in total. The van der Waals surface area contributed by atoms with Gasteiger partial charge in [-0.1, -0.05) is 49.4 Å². The van der Waals surface area contributed by atoms with Crippen LogP contribution in [-0.4, -0.2) is 5.11 Å². The summed E-state index contributed by atoms with van der Waals surface area (Å²) in [6.45, 7) is 8.69. The van der Waals surface area contributed by atoms with Gasteiger partial charge in [-0.15, -0.1) is 0 Å². The molecule has 0 saturated heterocycles. The number of allylic oxidation sites excluding steroid dienone is 1. The second kappa shape index (κ2) is 6.00. The highest BCUT2D eigenvalue weighted by atomic mass is 16.3. The minimum Gasteiger partial charge on any atom is -0.508 e. The zero-order chi connectivity index (χ0) is 15.7. The quantitative estimate of drug-likeness (QED) is 0.740. The van der Waals surface area contributed by atoms with Crippen molar-refractivity contribution in [1.82, 2.24) is 0 Å². The molecule has 22 heavy (non-hydrogen) atoms. The zero-order valence-corrected chi connectivity index (χ0v) is 13.5. The van der Waals surface area contributed by atoms with Crippen LogP contribution in [-0.2, 0) is 6.42 Å². The van der Waals surface area contributed by atoms with Crippen molar-refractivity contribution in [2.24, 2.45) is 0 Å². The maximum atomic E-state index is 9.50. The van der Waals surface area contributed by atoms with Crippen molar-refractivity contribution in [2.45, 2.75) is 44.9 Å². The summed E-state index contributed by atoms with van der Waals surface area (Å²) < 4.78 is 0. The van der Waals surface area contributed by atoms with Gasteiger partial charge in [0.25, 0.3) is 0 Å². The van der Waals surface area contributed by atoms with Crippen molar-refractivity contribution in [3.05, 3.63) is 76.9 Å². The Hall–Kier alpha value is -2.02. The molecule has 0 saturated carbocycles. The number of hydrogen-bond acceptors (Lipinski definition) is 1. The molecule has 2 atom stereocenters. The minimum atomic E-state index is 0.355. The van der Waals surface area contributed by atoms with E-state index in [9.17, 15) is 5.11 Å². The van der Waals surface area contributed by atoms with Gasteiger partial charge in [-0.05, 0) is 60.6 Å². The number of phenolic OH excluding ortho intramolecular Hbond substituents is 1. The lowest BCUT2D eigenvalue weighted by molar-refractivity contribution is 0.474. The van der Waals surface area contributed by atoms with Crippen LogP contribution < -0.4 is 0 Å². The molecule has 0 fully saturated rings. The monoisotopic (exact) mass is 292 g/mol. The van der Waals surface area contributed by atoms with Crippen LogP contribution in [0.2, 0.25) is 0 Å². The van der Waals surface area contributed by atoms with Gasteiger partial charge in [-0.3, -0.25) is 0 Å². The summed E-state index contributed by atoms with van der Waals surface area (Å²) in [5.41, 5.74) is 6.81. The summed E-state index contributed by atoms with van der Waals surface area (Å²) in [4.78, 5) is 0. The van der Waals surface area contributed by atoms with E-state index in [-0.39, 0.29) is 0 Å². The second-order valence-corrected chi connectivity index (χ2v) is 6.48. The van der Waals surface area contributed by atoms with E-state index in [1.807, 2.05) is 12.1 Å². The third kappa shape index (κ3) is 2.68.